The minimum absolute atomic E-state index is 0.198. The molecule has 2 heterocycles. The van der Waals surface area contributed by atoms with Gasteiger partial charge in [-0.25, -0.2) is 0 Å². The molecule has 0 aliphatic carbocycles. The highest BCUT2D eigenvalue weighted by atomic mass is 16.3. The molecule has 0 radical (unpaired) electrons. The molecule has 0 saturated heterocycles. The Bertz CT molecular complexity index is 483. The molecule has 0 spiro atoms. The molecule has 2 rings (SSSR count). The van der Waals surface area contributed by atoms with E-state index in [0.29, 0.717) is 11.5 Å². The highest BCUT2D eigenvalue weighted by Crippen LogP contribution is 2.14. The van der Waals surface area contributed by atoms with Gasteiger partial charge in [-0.2, -0.15) is 15.0 Å². The predicted molar refractivity (Wildman–Crippen MR) is 64.5 cm³/mol. The average molecular weight is 248 g/mol. The molecule has 0 fully saturated rings. The molecule has 2 aromatic rings. The number of anilines is 2. The third-order valence-electron chi connectivity index (χ3n) is 2.00. The molecule has 18 heavy (non-hydrogen) atoms. The normalized spacial score (nSPS) is 10.1. The summed E-state index contributed by atoms with van der Waals surface area (Å²) in [6.45, 7) is -0.603. The zero-order valence-electron chi connectivity index (χ0n) is 9.41. The van der Waals surface area contributed by atoms with Gasteiger partial charge in [0.2, 0.25) is 11.9 Å². The molecular formula is C10H12N6O2. The van der Waals surface area contributed by atoms with E-state index in [4.69, 9.17) is 10.2 Å². The van der Waals surface area contributed by atoms with Gasteiger partial charge in [-0.1, -0.05) is 6.07 Å². The van der Waals surface area contributed by atoms with E-state index in [1.807, 2.05) is 6.07 Å². The van der Waals surface area contributed by atoms with Crippen molar-refractivity contribution in [1.82, 2.24) is 19.9 Å². The van der Waals surface area contributed by atoms with Crippen molar-refractivity contribution in [2.45, 2.75) is 0 Å². The van der Waals surface area contributed by atoms with Gasteiger partial charge < -0.3 is 20.8 Å². The molecule has 4 N–H and O–H groups in total. The molecule has 94 valence electrons. The Balaban J connectivity index is 2.39. The maximum absolute atomic E-state index is 8.81. The molecule has 2 aromatic heterocycles. The number of aromatic nitrogens is 4. The van der Waals surface area contributed by atoms with Crippen LogP contribution in [0.25, 0.3) is 11.5 Å². The minimum Gasteiger partial charge on any atom is -0.376 e. The maximum Gasteiger partial charge on any atom is 0.229 e. The number of pyridine rings is 1. The Hall–Kier alpha value is -2.32. The first-order chi connectivity index (χ1) is 8.83. The first-order valence-corrected chi connectivity index (χ1v) is 5.20. The lowest BCUT2D eigenvalue weighted by atomic mass is 10.3. The van der Waals surface area contributed by atoms with Gasteiger partial charge in [0, 0.05) is 6.20 Å². The lowest BCUT2D eigenvalue weighted by molar-refractivity contribution is 0.323. The van der Waals surface area contributed by atoms with Crippen molar-refractivity contribution in [2.75, 3.05) is 24.1 Å². The fraction of sp³-hybridized carbons (Fsp3) is 0.200. The predicted octanol–water partition coefficient (Wildman–Crippen LogP) is -0.343. The van der Waals surface area contributed by atoms with Crippen LogP contribution in [0.2, 0.25) is 0 Å². The molecule has 0 aliphatic heterocycles. The van der Waals surface area contributed by atoms with Crippen molar-refractivity contribution in [3.63, 3.8) is 0 Å². The van der Waals surface area contributed by atoms with Crippen LogP contribution in [0.5, 0.6) is 0 Å². The molecule has 0 aromatic carbocycles. The minimum atomic E-state index is -0.301. The third-order valence-corrected chi connectivity index (χ3v) is 2.00. The van der Waals surface area contributed by atoms with Crippen molar-refractivity contribution in [3.8, 4) is 11.5 Å². The van der Waals surface area contributed by atoms with E-state index in [9.17, 15) is 0 Å². The standard InChI is InChI=1S/C10H12N6O2/c17-5-12-9-14-8(7-3-1-2-4-11-7)15-10(16-9)13-6-18/h1-4,17-18H,5-6H2,(H2,12,13,14,15,16). The Morgan fingerprint density at radius 2 is 1.61 bits per heavy atom. The van der Waals surface area contributed by atoms with Gasteiger partial charge in [-0.05, 0) is 12.1 Å². The SMILES string of the molecule is OCNc1nc(NCO)nc(-c2ccccn2)n1. The van der Waals surface area contributed by atoms with Crippen LogP contribution in [-0.2, 0) is 0 Å². The van der Waals surface area contributed by atoms with Crippen LogP contribution in [0.4, 0.5) is 11.9 Å². The summed E-state index contributed by atoms with van der Waals surface area (Å²) in [5.74, 6) is 0.741. The fourth-order valence-corrected chi connectivity index (χ4v) is 1.29. The van der Waals surface area contributed by atoms with Crippen molar-refractivity contribution >= 4 is 11.9 Å². The molecule has 0 bridgehead atoms. The van der Waals surface area contributed by atoms with Crippen LogP contribution in [-0.4, -0.2) is 43.6 Å². The molecule has 0 unspecified atom stereocenters. The Labute approximate surface area is 103 Å². The Morgan fingerprint density at radius 3 is 2.11 bits per heavy atom. The number of aliphatic hydroxyl groups is 2. The second-order valence-electron chi connectivity index (χ2n) is 3.19. The van der Waals surface area contributed by atoms with E-state index < -0.39 is 0 Å². The molecule has 0 aliphatic rings. The number of hydrogen-bond donors (Lipinski definition) is 4. The van der Waals surface area contributed by atoms with E-state index >= 15 is 0 Å². The van der Waals surface area contributed by atoms with Gasteiger partial charge in [0.25, 0.3) is 0 Å². The van der Waals surface area contributed by atoms with Gasteiger partial charge in [-0.3, -0.25) is 4.98 Å². The largest absolute Gasteiger partial charge is 0.376 e. The smallest absolute Gasteiger partial charge is 0.229 e. The number of aliphatic hydroxyl groups excluding tert-OH is 2. The van der Waals surface area contributed by atoms with Crippen molar-refractivity contribution in [1.29, 1.82) is 0 Å². The number of rotatable bonds is 5. The number of nitrogens with one attached hydrogen (secondary N) is 2. The Morgan fingerprint density at radius 1 is 0.944 bits per heavy atom. The molecule has 0 atom stereocenters. The van der Waals surface area contributed by atoms with Crippen LogP contribution in [0.15, 0.2) is 24.4 Å². The van der Waals surface area contributed by atoms with Gasteiger partial charge in [-0.15, -0.1) is 0 Å². The van der Waals surface area contributed by atoms with Crippen molar-refractivity contribution in [3.05, 3.63) is 24.4 Å². The van der Waals surface area contributed by atoms with E-state index in [1.54, 1.807) is 18.3 Å². The summed E-state index contributed by atoms with van der Waals surface area (Å²) in [5, 5.41) is 22.7. The molecule has 8 nitrogen and oxygen atoms in total. The van der Waals surface area contributed by atoms with Crippen LogP contribution in [0.1, 0.15) is 0 Å². The summed E-state index contributed by atoms with van der Waals surface area (Å²) in [4.78, 5) is 16.3. The first kappa shape index (κ1) is 12.1. The highest BCUT2D eigenvalue weighted by Gasteiger charge is 2.08. The van der Waals surface area contributed by atoms with Gasteiger partial charge in [0.1, 0.15) is 19.2 Å². The average Bonchev–Trinajstić information content (AvgIpc) is 2.40. The van der Waals surface area contributed by atoms with Crippen molar-refractivity contribution < 1.29 is 10.2 Å². The summed E-state index contributed by atoms with van der Waals surface area (Å²) < 4.78 is 0. The lowest BCUT2D eigenvalue weighted by Gasteiger charge is -2.07. The first-order valence-electron chi connectivity index (χ1n) is 5.20. The van der Waals surface area contributed by atoms with Gasteiger partial charge >= 0.3 is 0 Å². The van der Waals surface area contributed by atoms with Gasteiger partial charge in [0.15, 0.2) is 5.82 Å². The van der Waals surface area contributed by atoms with E-state index in [1.165, 1.54) is 0 Å². The van der Waals surface area contributed by atoms with Gasteiger partial charge in [0.05, 0.1) is 0 Å². The van der Waals surface area contributed by atoms with Crippen LogP contribution in [0, 0.1) is 0 Å². The van der Waals surface area contributed by atoms with E-state index in [2.05, 4.69) is 30.6 Å². The fourth-order valence-electron chi connectivity index (χ4n) is 1.29. The molecular weight excluding hydrogens is 236 g/mol. The summed E-state index contributed by atoms with van der Waals surface area (Å²) in [6.07, 6.45) is 1.62. The van der Waals surface area contributed by atoms with E-state index in [0.717, 1.165) is 0 Å². The molecule has 8 heteroatoms. The van der Waals surface area contributed by atoms with Crippen molar-refractivity contribution in [2.24, 2.45) is 0 Å². The third kappa shape index (κ3) is 2.87. The monoisotopic (exact) mass is 248 g/mol. The van der Waals surface area contributed by atoms with E-state index in [-0.39, 0.29) is 25.4 Å². The summed E-state index contributed by atoms with van der Waals surface area (Å²) in [5.41, 5.74) is 0.571. The zero-order valence-corrected chi connectivity index (χ0v) is 9.41. The second-order valence-corrected chi connectivity index (χ2v) is 3.19. The number of hydrogen-bond acceptors (Lipinski definition) is 8. The van der Waals surface area contributed by atoms with Crippen LogP contribution in [0.3, 0.4) is 0 Å². The van der Waals surface area contributed by atoms with Crippen LogP contribution >= 0.6 is 0 Å². The second kappa shape index (κ2) is 5.84. The molecule has 0 saturated carbocycles. The lowest BCUT2D eigenvalue weighted by Crippen LogP contribution is -2.11. The highest BCUT2D eigenvalue weighted by molar-refractivity contribution is 5.53. The zero-order chi connectivity index (χ0) is 12.8. The summed E-state index contributed by atoms with van der Waals surface area (Å²) in [7, 11) is 0. The summed E-state index contributed by atoms with van der Waals surface area (Å²) in [6, 6.07) is 5.34. The molecule has 0 amide bonds. The topological polar surface area (TPSA) is 116 Å². The maximum atomic E-state index is 8.81. The van der Waals surface area contributed by atoms with Crippen LogP contribution < -0.4 is 10.6 Å². The Kier molecular flexibility index (Phi) is 3.94. The number of nitrogens with zero attached hydrogens (tertiary/aromatic N) is 4. The quantitative estimate of drug-likeness (QED) is 0.531. The summed E-state index contributed by atoms with van der Waals surface area (Å²) >= 11 is 0.